The number of carbonyl (C=O) groups is 1. The van der Waals surface area contributed by atoms with Crippen LogP contribution in [0.3, 0.4) is 0 Å². The maximum absolute atomic E-state index is 12.0. The summed E-state index contributed by atoms with van der Waals surface area (Å²) in [4.78, 5) is 12.0. The van der Waals surface area contributed by atoms with Crippen LogP contribution in [0, 0.1) is 5.92 Å². The lowest BCUT2D eigenvalue weighted by Crippen LogP contribution is -2.36. The number of aliphatic hydroxyl groups is 1. The number of anilines is 1. The van der Waals surface area contributed by atoms with Crippen LogP contribution >= 0.6 is 11.6 Å². The Morgan fingerprint density at radius 2 is 2.29 bits per heavy atom. The molecule has 1 fully saturated rings. The quantitative estimate of drug-likeness (QED) is 0.757. The van der Waals surface area contributed by atoms with E-state index in [-0.39, 0.29) is 18.1 Å². The molecule has 5 heteroatoms. The van der Waals surface area contributed by atoms with Crippen molar-refractivity contribution in [2.75, 3.05) is 11.9 Å². The molecule has 1 aliphatic carbocycles. The van der Waals surface area contributed by atoms with Crippen molar-refractivity contribution in [1.29, 1.82) is 0 Å². The lowest BCUT2D eigenvalue weighted by atomic mass is 10.1. The lowest BCUT2D eigenvalue weighted by Gasteiger charge is -2.19. The van der Waals surface area contributed by atoms with Gasteiger partial charge in [-0.3, -0.25) is 4.79 Å². The third kappa shape index (κ3) is 5.30. The second-order valence-electron chi connectivity index (χ2n) is 5.83. The number of nitrogens with one attached hydrogen (secondary N) is 2. The minimum atomic E-state index is -0.190. The minimum Gasteiger partial charge on any atom is -0.393 e. The van der Waals surface area contributed by atoms with Crippen molar-refractivity contribution in [3.05, 3.63) is 29.3 Å². The Morgan fingerprint density at radius 1 is 1.48 bits per heavy atom. The van der Waals surface area contributed by atoms with Crippen molar-refractivity contribution in [2.24, 2.45) is 5.92 Å². The highest BCUT2D eigenvalue weighted by molar-refractivity contribution is 6.30. The van der Waals surface area contributed by atoms with Crippen molar-refractivity contribution in [3.63, 3.8) is 0 Å². The van der Waals surface area contributed by atoms with Crippen LogP contribution in [0.4, 0.5) is 5.69 Å². The van der Waals surface area contributed by atoms with Crippen molar-refractivity contribution in [3.8, 4) is 0 Å². The first-order valence-electron chi connectivity index (χ1n) is 7.51. The van der Waals surface area contributed by atoms with E-state index < -0.39 is 0 Å². The van der Waals surface area contributed by atoms with E-state index in [2.05, 4.69) is 10.6 Å². The molecule has 1 aromatic carbocycles. The average molecular weight is 311 g/mol. The highest BCUT2D eigenvalue weighted by atomic mass is 35.5. The van der Waals surface area contributed by atoms with Gasteiger partial charge in [-0.25, -0.2) is 0 Å². The number of aliphatic hydroxyl groups excluding tert-OH is 1. The van der Waals surface area contributed by atoms with Crippen LogP contribution < -0.4 is 10.6 Å². The molecular weight excluding hydrogens is 288 g/mol. The number of hydrogen-bond acceptors (Lipinski definition) is 3. The number of halogens is 1. The van der Waals surface area contributed by atoms with Gasteiger partial charge >= 0.3 is 0 Å². The largest absolute Gasteiger partial charge is 0.393 e. The Bertz CT molecular complexity index is 481. The van der Waals surface area contributed by atoms with Gasteiger partial charge in [-0.05, 0) is 43.9 Å². The van der Waals surface area contributed by atoms with Crippen molar-refractivity contribution in [1.82, 2.24) is 5.32 Å². The molecule has 1 aliphatic rings. The fourth-order valence-corrected chi connectivity index (χ4v) is 2.93. The topological polar surface area (TPSA) is 61.4 Å². The van der Waals surface area contributed by atoms with Gasteiger partial charge in [0.1, 0.15) is 0 Å². The van der Waals surface area contributed by atoms with E-state index in [1.165, 1.54) is 0 Å². The van der Waals surface area contributed by atoms with Gasteiger partial charge in [-0.15, -0.1) is 0 Å². The molecule has 0 aliphatic heterocycles. The molecule has 0 bridgehead atoms. The maximum atomic E-state index is 12.0. The molecule has 3 N–H and O–H groups in total. The first-order chi connectivity index (χ1) is 10.0. The average Bonchev–Trinajstić information content (AvgIpc) is 2.81. The van der Waals surface area contributed by atoms with Crippen LogP contribution in [0.15, 0.2) is 24.3 Å². The van der Waals surface area contributed by atoms with Crippen LogP contribution in [0.2, 0.25) is 5.02 Å². The van der Waals surface area contributed by atoms with Gasteiger partial charge in [0.25, 0.3) is 0 Å². The van der Waals surface area contributed by atoms with Gasteiger partial charge < -0.3 is 15.7 Å². The number of amides is 1. The Hall–Kier alpha value is -1.10. The summed E-state index contributed by atoms with van der Waals surface area (Å²) in [7, 11) is 0. The molecule has 1 saturated carbocycles. The second-order valence-corrected chi connectivity index (χ2v) is 6.27. The monoisotopic (exact) mass is 310 g/mol. The van der Waals surface area contributed by atoms with E-state index >= 15 is 0 Å². The third-order valence-corrected chi connectivity index (χ3v) is 4.18. The van der Waals surface area contributed by atoms with Gasteiger partial charge in [0, 0.05) is 29.7 Å². The van der Waals surface area contributed by atoms with E-state index in [4.69, 9.17) is 11.6 Å². The van der Waals surface area contributed by atoms with E-state index in [1.807, 2.05) is 13.0 Å². The zero-order chi connectivity index (χ0) is 15.2. The van der Waals surface area contributed by atoms with Gasteiger partial charge in [0.05, 0.1) is 6.10 Å². The molecule has 3 unspecified atom stereocenters. The molecule has 0 spiro atoms. The van der Waals surface area contributed by atoms with Crippen molar-refractivity contribution < 1.29 is 9.90 Å². The molecule has 1 amide bonds. The molecule has 3 atom stereocenters. The van der Waals surface area contributed by atoms with Gasteiger partial charge in [-0.2, -0.15) is 0 Å². The Labute approximate surface area is 130 Å². The first-order valence-corrected chi connectivity index (χ1v) is 7.89. The molecule has 0 aromatic heterocycles. The molecule has 2 rings (SSSR count). The van der Waals surface area contributed by atoms with Crippen LogP contribution in [-0.4, -0.2) is 29.7 Å². The maximum Gasteiger partial charge on any atom is 0.225 e. The second kappa shape index (κ2) is 7.78. The highest BCUT2D eigenvalue weighted by Crippen LogP contribution is 2.24. The van der Waals surface area contributed by atoms with E-state index in [9.17, 15) is 9.90 Å². The summed E-state index contributed by atoms with van der Waals surface area (Å²) < 4.78 is 0. The van der Waals surface area contributed by atoms with Crippen LogP contribution in [-0.2, 0) is 4.79 Å². The predicted octanol–water partition coefficient (Wildman–Crippen LogP) is 2.81. The normalized spacial score (nSPS) is 23.0. The Balaban J connectivity index is 1.71. The molecular formula is C16H23ClN2O2. The smallest absolute Gasteiger partial charge is 0.225 e. The standard InChI is InChI=1S/C16H23ClN2O2/c1-11(18-10-12-4-2-7-15(12)20)8-16(21)19-14-6-3-5-13(17)9-14/h3,5-6,9,11-12,15,18,20H,2,4,7-8,10H2,1H3,(H,19,21). The van der Waals surface area contributed by atoms with Gasteiger partial charge in [0.15, 0.2) is 0 Å². The van der Waals surface area contributed by atoms with Gasteiger partial charge in [0.2, 0.25) is 5.91 Å². The van der Waals surface area contributed by atoms with Crippen molar-refractivity contribution >= 4 is 23.2 Å². The fraction of sp³-hybridized carbons (Fsp3) is 0.562. The Morgan fingerprint density at radius 3 is 2.95 bits per heavy atom. The summed E-state index contributed by atoms with van der Waals surface area (Å²) in [6, 6.07) is 7.20. The zero-order valence-corrected chi connectivity index (χ0v) is 13.1. The minimum absolute atomic E-state index is 0.0377. The number of rotatable bonds is 6. The zero-order valence-electron chi connectivity index (χ0n) is 12.3. The summed E-state index contributed by atoms with van der Waals surface area (Å²) in [6.07, 6.45) is 3.27. The SMILES string of the molecule is CC(CC(=O)Nc1cccc(Cl)c1)NCC1CCCC1O. The Kier molecular flexibility index (Phi) is 6.03. The number of carbonyl (C=O) groups excluding carboxylic acids is 1. The summed E-state index contributed by atoms with van der Waals surface area (Å²) in [5, 5.41) is 16.6. The van der Waals surface area contributed by atoms with Crippen LogP contribution in [0.25, 0.3) is 0 Å². The summed E-state index contributed by atoms with van der Waals surface area (Å²) in [5.74, 6) is 0.285. The van der Waals surface area contributed by atoms with E-state index in [0.717, 1.165) is 25.8 Å². The molecule has 21 heavy (non-hydrogen) atoms. The summed E-state index contributed by atoms with van der Waals surface area (Å²) in [5.41, 5.74) is 0.714. The fourth-order valence-electron chi connectivity index (χ4n) is 2.74. The first kappa shape index (κ1) is 16.3. The van der Waals surface area contributed by atoms with Crippen molar-refractivity contribution in [2.45, 2.75) is 44.8 Å². The predicted molar refractivity (Wildman–Crippen MR) is 85.5 cm³/mol. The summed E-state index contributed by atoms with van der Waals surface area (Å²) >= 11 is 5.88. The number of hydrogen-bond donors (Lipinski definition) is 3. The highest BCUT2D eigenvalue weighted by Gasteiger charge is 2.25. The van der Waals surface area contributed by atoms with Crippen LogP contribution in [0.5, 0.6) is 0 Å². The molecule has 116 valence electrons. The number of benzene rings is 1. The molecule has 0 heterocycles. The molecule has 4 nitrogen and oxygen atoms in total. The summed E-state index contributed by atoms with van der Waals surface area (Å²) in [6.45, 7) is 2.76. The third-order valence-electron chi connectivity index (χ3n) is 3.95. The molecule has 1 aromatic rings. The molecule has 0 saturated heterocycles. The van der Waals surface area contributed by atoms with E-state index in [0.29, 0.717) is 23.0 Å². The van der Waals surface area contributed by atoms with Crippen LogP contribution in [0.1, 0.15) is 32.6 Å². The van der Waals surface area contributed by atoms with Gasteiger partial charge in [-0.1, -0.05) is 24.1 Å². The van der Waals surface area contributed by atoms with E-state index in [1.54, 1.807) is 18.2 Å². The lowest BCUT2D eigenvalue weighted by molar-refractivity contribution is -0.116. The molecule has 0 radical (unpaired) electrons.